The Labute approximate surface area is 169 Å². The largest absolute Gasteiger partial charge is 0.492 e. The minimum absolute atomic E-state index is 0.0386. The van der Waals surface area contributed by atoms with E-state index in [0.717, 1.165) is 24.2 Å². The number of benzene rings is 1. The van der Waals surface area contributed by atoms with E-state index in [1.165, 1.54) is 11.8 Å². The van der Waals surface area contributed by atoms with Gasteiger partial charge in [0.25, 0.3) is 0 Å². The zero-order valence-corrected chi connectivity index (χ0v) is 17.6. The second-order valence-corrected chi connectivity index (χ2v) is 9.18. The molecule has 2 atom stereocenters. The van der Waals surface area contributed by atoms with Crippen molar-refractivity contribution < 1.29 is 9.53 Å². The average molecular weight is 399 g/mol. The molecule has 0 aliphatic heterocycles. The van der Waals surface area contributed by atoms with E-state index in [2.05, 4.69) is 36.3 Å². The molecule has 0 spiro atoms. The van der Waals surface area contributed by atoms with Crippen LogP contribution in [0.5, 0.6) is 5.75 Å². The first-order valence-corrected chi connectivity index (χ1v) is 10.7. The summed E-state index contributed by atoms with van der Waals surface area (Å²) in [4.78, 5) is 17.2. The Morgan fingerprint density at radius 2 is 2.07 bits per heavy atom. The lowest BCUT2D eigenvalue weighted by molar-refractivity contribution is -0.113. The van der Waals surface area contributed by atoms with Crippen LogP contribution in [0, 0.1) is 5.41 Å². The number of hydrogen-bond acceptors (Lipinski definition) is 6. The number of ether oxygens (including phenoxy) is 1. The maximum absolute atomic E-state index is 12.4. The van der Waals surface area contributed by atoms with Crippen LogP contribution in [0.1, 0.15) is 57.8 Å². The highest BCUT2D eigenvalue weighted by Crippen LogP contribution is 2.66. The van der Waals surface area contributed by atoms with Crippen LogP contribution in [-0.4, -0.2) is 33.4 Å². The van der Waals surface area contributed by atoms with Crippen LogP contribution in [0.4, 0.5) is 5.69 Å². The summed E-state index contributed by atoms with van der Waals surface area (Å²) >= 11 is 1.32. The third kappa shape index (κ3) is 2.96. The van der Waals surface area contributed by atoms with Gasteiger partial charge in [-0.3, -0.25) is 4.79 Å². The van der Waals surface area contributed by atoms with Gasteiger partial charge < -0.3 is 10.1 Å². The Bertz CT molecular complexity index is 917. The number of thioether (sulfide) groups is 1. The number of aromatic nitrogens is 3. The lowest BCUT2D eigenvalue weighted by atomic mass is 9.70. The predicted molar refractivity (Wildman–Crippen MR) is 110 cm³/mol. The molecule has 0 radical (unpaired) electrons. The smallest absolute Gasteiger partial charge is 0.234 e. The predicted octanol–water partition coefficient (Wildman–Crippen LogP) is 4.18. The van der Waals surface area contributed by atoms with Crippen LogP contribution >= 0.6 is 11.8 Å². The zero-order chi connectivity index (χ0) is 19.9. The molecule has 1 aromatic heterocycles. The average Bonchev–Trinajstić information content (AvgIpc) is 3.00. The molecule has 28 heavy (non-hydrogen) atoms. The number of nitrogens with zero attached hydrogens (tertiary/aromatic N) is 3. The van der Waals surface area contributed by atoms with Crippen LogP contribution in [0.3, 0.4) is 0 Å². The molecule has 1 amide bonds. The van der Waals surface area contributed by atoms with Crippen LogP contribution < -0.4 is 10.1 Å². The van der Waals surface area contributed by atoms with Crippen molar-refractivity contribution >= 4 is 23.4 Å². The Morgan fingerprint density at radius 3 is 2.86 bits per heavy atom. The van der Waals surface area contributed by atoms with Gasteiger partial charge in [0.05, 0.1) is 29.4 Å². The highest BCUT2D eigenvalue weighted by atomic mass is 32.2. The molecule has 6 nitrogen and oxygen atoms in total. The monoisotopic (exact) mass is 398 g/mol. The summed E-state index contributed by atoms with van der Waals surface area (Å²) in [6, 6.07) is 7.43. The second kappa shape index (κ2) is 7.03. The molecular formula is C21H26N4O2S. The minimum Gasteiger partial charge on any atom is -0.492 e. The SMILES string of the molecule is CCOc1ccccc1NC(=O)CSc1nnc2c(n1)C1(C)CCC2C1(C)C. The van der Waals surface area contributed by atoms with Crippen molar-refractivity contribution in [1.82, 2.24) is 15.2 Å². The third-order valence-electron chi connectivity index (χ3n) is 6.57. The highest BCUT2D eigenvalue weighted by Gasteiger charge is 2.61. The summed E-state index contributed by atoms with van der Waals surface area (Å²) in [5, 5.41) is 12.3. The Kier molecular flexibility index (Phi) is 4.81. The number of anilines is 1. The van der Waals surface area contributed by atoms with Gasteiger partial charge in [0.15, 0.2) is 0 Å². The van der Waals surface area contributed by atoms with Crippen molar-refractivity contribution in [3.05, 3.63) is 35.7 Å². The molecule has 1 fully saturated rings. The van der Waals surface area contributed by atoms with E-state index in [9.17, 15) is 4.79 Å². The molecule has 2 bridgehead atoms. The van der Waals surface area contributed by atoms with Crippen molar-refractivity contribution in [2.45, 2.75) is 57.0 Å². The van der Waals surface area contributed by atoms with Crippen molar-refractivity contribution in [2.24, 2.45) is 5.41 Å². The van der Waals surface area contributed by atoms with E-state index in [4.69, 9.17) is 9.72 Å². The first-order chi connectivity index (χ1) is 13.4. The Balaban J connectivity index is 1.44. The molecule has 2 aliphatic carbocycles. The Hall–Kier alpha value is -2.15. The van der Waals surface area contributed by atoms with Crippen LogP contribution in [0.2, 0.25) is 0 Å². The maximum Gasteiger partial charge on any atom is 0.234 e. The molecule has 2 unspecified atom stereocenters. The van der Waals surface area contributed by atoms with Gasteiger partial charge in [-0.2, -0.15) is 5.10 Å². The first kappa shape index (κ1) is 19.2. The van der Waals surface area contributed by atoms with Crippen molar-refractivity contribution in [3.63, 3.8) is 0 Å². The summed E-state index contributed by atoms with van der Waals surface area (Å²) in [6.07, 6.45) is 2.29. The first-order valence-electron chi connectivity index (χ1n) is 9.76. The molecule has 0 saturated heterocycles. The van der Waals surface area contributed by atoms with Crippen molar-refractivity contribution in [1.29, 1.82) is 0 Å². The number of carbonyl (C=O) groups excluding carboxylic acids is 1. The number of rotatable bonds is 6. The summed E-state index contributed by atoms with van der Waals surface area (Å²) in [5.41, 5.74) is 3.00. The molecule has 7 heteroatoms. The Morgan fingerprint density at radius 1 is 1.29 bits per heavy atom. The fourth-order valence-electron chi connectivity index (χ4n) is 4.59. The number of amides is 1. The number of nitrogens with one attached hydrogen (secondary N) is 1. The standard InChI is InChI=1S/C21H26N4O2S/c1-5-27-15-9-7-6-8-14(15)22-16(26)12-28-19-23-18-17(24-25-19)13-10-11-21(18,4)20(13,2)3/h6-9,13H,5,10-12H2,1-4H3,(H,22,26). The van der Waals surface area contributed by atoms with Crippen molar-refractivity contribution in [2.75, 3.05) is 17.7 Å². The van der Waals surface area contributed by atoms with Gasteiger partial charge in [-0.05, 0) is 37.3 Å². The fraction of sp³-hybridized carbons (Fsp3) is 0.524. The fourth-order valence-corrected chi connectivity index (χ4v) is 5.18. The molecule has 4 rings (SSSR count). The van der Waals surface area contributed by atoms with Crippen LogP contribution in [-0.2, 0) is 10.2 Å². The van der Waals surface area contributed by atoms with E-state index in [1.807, 2.05) is 31.2 Å². The molecular weight excluding hydrogens is 372 g/mol. The van der Waals surface area contributed by atoms with Gasteiger partial charge in [-0.25, -0.2) is 4.98 Å². The number of carbonyl (C=O) groups is 1. The number of para-hydroxylation sites is 2. The third-order valence-corrected chi connectivity index (χ3v) is 7.40. The maximum atomic E-state index is 12.4. The summed E-state index contributed by atoms with van der Waals surface area (Å²) in [7, 11) is 0. The van der Waals surface area contributed by atoms with Gasteiger partial charge in [-0.1, -0.05) is 44.7 Å². The second-order valence-electron chi connectivity index (χ2n) is 8.24. The van der Waals surface area contributed by atoms with Crippen LogP contribution in [0.25, 0.3) is 0 Å². The van der Waals surface area contributed by atoms with E-state index in [0.29, 0.717) is 29.1 Å². The minimum atomic E-state index is -0.116. The lowest BCUT2D eigenvalue weighted by Gasteiger charge is -2.33. The highest BCUT2D eigenvalue weighted by molar-refractivity contribution is 7.99. The lowest BCUT2D eigenvalue weighted by Crippen LogP contribution is -2.32. The summed E-state index contributed by atoms with van der Waals surface area (Å²) in [5.74, 6) is 1.22. The topological polar surface area (TPSA) is 77.0 Å². The van der Waals surface area contributed by atoms with Gasteiger partial charge in [0, 0.05) is 11.3 Å². The molecule has 148 valence electrons. The van der Waals surface area contributed by atoms with E-state index in [-0.39, 0.29) is 22.5 Å². The molecule has 1 saturated carbocycles. The molecule has 1 N–H and O–H groups in total. The molecule has 2 aromatic rings. The quantitative estimate of drug-likeness (QED) is 0.736. The van der Waals surface area contributed by atoms with Gasteiger partial charge in [0.2, 0.25) is 11.1 Å². The zero-order valence-electron chi connectivity index (χ0n) is 16.8. The summed E-state index contributed by atoms with van der Waals surface area (Å²) < 4.78 is 5.55. The molecule has 2 aliphatic rings. The molecule has 1 aromatic carbocycles. The normalized spacial score (nSPS) is 24.1. The van der Waals surface area contributed by atoms with Gasteiger partial charge in [-0.15, -0.1) is 5.10 Å². The molecule has 1 heterocycles. The van der Waals surface area contributed by atoms with Gasteiger partial charge >= 0.3 is 0 Å². The summed E-state index contributed by atoms with van der Waals surface area (Å²) in [6.45, 7) is 9.38. The van der Waals surface area contributed by atoms with E-state index < -0.39 is 0 Å². The number of hydrogen-bond donors (Lipinski definition) is 1. The van der Waals surface area contributed by atoms with Gasteiger partial charge in [0.1, 0.15) is 5.75 Å². The van der Waals surface area contributed by atoms with E-state index in [1.54, 1.807) is 0 Å². The number of fused-ring (bicyclic) bond motifs is 5. The van der Waals surface area contributed by atoms with E-state index >= 15 is 0 Å². The van der Waals surface area contributed by atoms with Crippen LogP contribution in [0.15, 0.2) is 29.4 Å². The van der Waals surface area contributed by atoms with Crippen molar-refractivity contribution in [3.8, 4) is 5.75 Å².